The number of aromatic nitrogens is 1. The Bertz CT molecular complexity index is 1070. The van der Waals surface area contributed by atoms with E-state index in [4.69, 9.17) is 19.9 Å². The van der Waals surface area contributed by atoms with E-state index in [1.54, 1.807) is 33.5 Å². The van der Waals surface area contributed by atoms with Crippen molar-refractivity contribution in [1.29, 1.82) is 5.26 Å². The minimum absolute atomic E-state index is 0.173. The van der Waals surface area contributed by atoms with E-state index in [2.05, 4.69) is 37.0 Å². The lowest BCUT2D eigenvalue weighted by atomic mass is 9.95. The van der Waals surface area contributed by atoms with Crippen LogP contribution in [0.3, 0.4) is 0 Å². The summed E-state index contributed by atoms with van der Waals surface area (Å²) in [4.78, 5) is 4.46. The molecule has 0 fully saturated rings. The van der Waals surface area contributed by atoms with Crippen molar-refractivity contribution in [3.8, 4) is 45.7 Å². The number of benzene rings is 2. The molecule has 2 aromatic carbocycles. The molecule has 0 spiro atoms. The lowest BCUT2D eigenvalue weighted by Crippen LogP contribution is -2.01. The summed E-state index contributed by atoms with van der Waals surface area (Å²) in [6, 6.07) is 15.8. The molecular weight excluding hydrogens is 378 g/mol. The van der Waals surface area contributed by atoms with Crippen LogP contribution in [0.25, 0.3) is 22.4 Å². The number of hydrogen-bond acceptors (Lipinski definition) is 6. The van der Waals surface area contributed by atoms with Gasteiger partial charge in [0.1, 0.15) is 17.5 Å². The van der Waals surface area contributed by atoms with Crippen molar-refractivity contribution >= 4 is 5.82 Å². The third-order valence-corrected chi connectivity index (χ3v) is 5.01. The molecule has 0 radical (unpaired) electrons. The van der Waals surface area contributed by atoms with Crippen LogP contribution in [0.4, 0.5) is 5.82 Å². The molecule has 0 saturated heterocycles. The number of pyridine rings is 1. The standard InChI is InChI=1S/C24H25N3O3/c1-14(2)15-6-8-16(9-7-15)18-12-20(27-24(26)19(18)13-25)17-10-21(28-3)23(30-5)22(11-17)29-4/h6-12,14H,1-5H3,(H2,26,27). The molecule has 3 aromatic rings. The van der Waals surface area contributed by atoms with E-state index in [-0.39, 0.29) is 5.82 Å². The van der Waals surface area contributed by atoms with Crippen molar-refractivity contribution in [3.05, 3.63) is 53.6 Å². The second-order valence-electron chi connectivity index (χ2n) is 7.12. The topological polar surface area (TPSA) is 90.4 Å². The normalized spacial score (nSPS) is 10.6. The first-order valence-corrected chi connectivity index (χ1v) is 9.54. The summed E-state index contributed by atoms with van der Waals surface area (Å²) in [5.74, 6) is 2.12. The van der Waals surface area contributed by atoms with E-state index in [9.17, 15) is 5.26 Å². The fourth-order valence-corrected chi connectivity index (χ4v) is 3.33. The number of nitrogens with two attached hydrogens (primary N) is 1. The summed E-state index contributed by atoms with van der Waals surface area (Å²) < 4.78 is 16.3. The van der Waals surface area contributed by atoms with Crippen molar-refractivity contribution < 1.29 is 14.2 Å². The van der Waals surface area contributed by atoms with E-state index in [0.29, 0.717) is 34.4 Å². The largest absolute Gasteiger partial charge is 0.493 e. The van der Waals surface area contributed by atoms with Crippen LogP contribution >= 0.6 is 0 Å². The minimum atomic E-state index is 0.173. The average Bonchev–Trinajstić information content (AvgIpc) is 2.77. The second-order valence-corrected chi connectivity index (χ2v) is 7.12. The summed E-state index contributed by atoms with van der Waals surface area (Å²) in [5, 5.41) is 9.67. The molecule has 2 N–H and O–H groups in total. The third kappa shape index (κ3) is 3.87. The summed E-state index contributed by atoms with van der Waals surface area (Å²) >= 11 is 0. The number of nitrogen functional groups attached to an aromatic ring is 1. The van der Waals surface area contributed by atoms with Crippen LogP contribution in [0.15, 0.2) is 42.5 Å². The van der Waals surface area contributed by atoms with Gasteiger partial charge in [-0.1, -0.05) is 38.1 Å². The zero-order valence-electron chi connectivity index (χ0n) is 17.8. The lowest BCUT2D eigenvalue weighted by Gasteiger charge is -2.15. The number of nitriles is 1. The van der Waals surface area contributed by atoms with Gasteiger partial charge in [0.15, 0.2) is 11.5 Å². The third-order valence-electron chi connectivity index (χ3n) is 5.01. The second kappa shape index (κ2) is 8.75. The van der Waals surface area contributed by atoms with Crippen LogP contribution < -0.4 is 19.9 Å². The smallest absolute Gasteiger partial charge is 0.203 e. The van der Waals surface area contributed by atoms with Gasteiger partial charge in [0.25, 0.3) is 0 Å². The van der Waals surface area contributed by atoms with E-state index in [0.717, 1.165) is 16.7 Å². The lowest BCUT2D eigenvalue weighted by molar-refractivity contribution is 0.324. The molecule has 6 nitrogen and oxygen atoms in total. The number of anilines is 1. The van der Waals surface area contributed by atoms with Gasteiger partial charge in [-0.05, 0) is 35.2 Å². The summed E-state index contributed by atoms with van der Waals surface area (Å²) in [7, 11) is 4.67. The minimum Gasteiger partial charge on any atom is -0.493 e. The SMILES string of the molecule is COc1cc(-c2cc(-c3ccc(C(C)C)cc3)c(C#N)c(N)n2)cc(OC)c1OC. The Labute approximate surface area is 176 Å². The fraction of sp³-hybridized carbons (Fsp3) is 0.250. The Morgan fingerprint density at radius 3 is 1.97 bits per heavy atom. The van der Waals surface area contributed by atoms with Gasteiger partial charge < -0.3 is 19.9 Å². The Morgan fingerprint density at radius 1 is 0.900 bits per heavy atom. The van der Waals surface area contributed by atoms with Crippen molar-refractivity contribution in [3.63, 3.8) is 0 Å². The zero-order chi connectivity index (χ0) is 21.8. The Hall–Kier alpha value is -3.72. The summed E-state index contributed by atoms with van der Waals surface area (Å²) in [6.07, 6.45) is 0. The molecule has 0 unspecified atom stereocenters. The fourth-order valence-electron chi connectivity index (χ4n) is 3.33. The van der Waals surface area contributed by atoms with Gasteiger partial charge >= 0.3 is 0 Å². The van der Waals surface area contributed by atoms with Crippen LogP contribution in [-0.2, 0) is 0 Å². The molecule has 6 heteroatoms. The molecule has 0 atom stereocenters. The maximum absolute atomic E-state index is 9.67. The number of nitrogens with zero attached hydrogens (tertiary/aromatic N) is 2. The van der Waals surface area contributed by atoms with Crippen LogP contribution in [0, 0.1) is 11.3 Å². The van der Waals surface area contributed by atoms with Gasteiger partial charge in [-0.3, -0.25) is 0 Å². The summed E-state index contributed by atoms with van der Waals surface area (Å²) in [6.45, 7) is 4.28. The highest BCUT2D eigenvalue weighted by atomic mass is 16.5. The van der Waals surface area contributed by atoms with E-state index in [1.165, 1.54) is 5.56 Å². The molecule has 3 rings (SSSR count). The Balaban J connectivity index is 2.20. The summed E-state index contributed by atoms with van der Waals surface area (Å²) in [5.41, 5.74) is 10.7. The zero-order valence-corrected chi connectivity index (χ0v) is 17.8. The highest BCUT2D eigenvalue weighted by molar-refractivity contribution is 5.81. The van der Waals surface area contributed by atoms with Crippen LogP contribution in [0.2, 0.25) is 0 Å². The number of methoxy groups -OCH3 is 3. The van der Waals surface area contributed by atoms with E-state index >= 15 is 0 Å². The predicted molar refractivity (Wildman–Crippen MR) is 118 cm³/mol. The molecule has 154 valence electrons. The maximum Gasteiger partial charge on any atom is 0.203 e. The molecular formula is C24H25N3O3. The first-order valence-electron chi connectivity index (χ1n) is 9.54. The van der Waals surface area contributed by atoms with E-state index in [1.807, 2.05) is 18.2 Å². The van der Waals surface area contributed by atoms with Crippen molar-refractivity contribution in [1.82, 2.24) is 4.98 Å². The van der Waals surface area contributed by atoms with Gasteiger partial charge in [-0.25, -0.2) is 4.98 Å². The monoisotopic (exact) mass is 403 g/mol. The van der Waals surface area contributed by atoms with Gasteiger partial charge in [-0.2, -0.15) is 5.26 Å². The van der Waals surface area contributed by atoms with Gasteiger partial charge in [0, 0.05) is 11.1 Å². The van der Waals surface area contributed by atoms with Gasteiger partial charge in [0.2, 0.25) is 5.75 Å². The Kier molecular flexibility index (Phi) is 6.12. The average molecular weight is 403 g/mol. The molecule has 30 heavy (non-hydrogen) atoms. The molecule has 0 saturated carbocycles. The molecule has 0 bridgehead atoms. The molecule has 1 aromatic heterocycles. The first kappa shape index (κ1) is 21.0. The van der Waals surface area contributed by atoms with Crippen LogP contribution in [0.1, 0.15) is 30.9 Å². The highest BCUT2D eigenvalue weighted by Gasteiger charge is 2.18. The molecule has 1 heterocycles. The van der Waals surface area contributed by atoms with Crippen LogP contribution in [0.5, 0.6) is 17.2 Å². The molecule has 0 aliphatic heterocycles. The Morgan fingerprint density at radius 2 is 1.50 bits per heavy atom. The number of ether oxygens (including phenoxy) is 3. The van der Waals surface area contributed by atoms with Crippen molar-refractivity contribution in [2.45, 2.75) is 19.8 Å². The predicted octanol–water partition coefficient (Wildman–Crippen LogP) is 5.02. The molecule has 0 aliphatic rings. The van der Waals surface area contributed by atoms with Gasteiger partial charge in [0.05, 0.1) is 27.0 Å². The van der Waals surface area contributed by atoms with Gasteiger partial charge in [-0.15, -0.1) is 0 Å². The highest BCUT2D eigenvalue weighted by Crippen LogP contribution is 2.42. The maximum atomic E-state index is 9.67. The van der Waals surface area contributed by atoms with Crippen LogP contribution in [-0.4, -0.2) is 26.3 Å². The molecule has 0 aliphatic carbocycles. The number of hydrogen-bond donors (Lipinski definition) is 1. The van der Waals surface area contributed by atoms with E-state index < -0.39 is 0 Å². The van der Waals surface area contributed by atoms with Crippen molar-refractivity contribution in [2.75, 3.05) is 27.1 Å². The number of rotatable bonds is 6. The molecule has 0 amide bonds. The first-order chi connectivity index (χ1) is 14.4. The van der Waals surface area contributed by atoms with Crippen molar-refractivity contribution in [2.24, 2.45) is 0 Å². The quantitative estimate of drug-likeness (QED) is 0.621.